The summed E-state index contributed by atoms with van der Waals surface area (Å²) in [7, 11) is 0. The monoisotopic (exact) mass is 161 g/mol. The lowest BCUT2D eigenvalue weighted by Gasteiger charge is -2.17. The van der Waals surface area contributed by atoms with Crippen LogP contribution in [0.15, 0.2) is 0 Å². The molecule has 0 aliphatic carbocycles. The first-order chi connectivity index (χ1) is 5.20. The maximum Gasteiger partial charge on any atom is 0.0527 e. The van der Waals surface area contributed by atoms with E-state index in [1.165, 1.54) is 0 Å². The predicted molar refractivity (Wildman–Crippen MR) is 46.2 cm³/mol. The molecule has 0 bridgehead atoms. The minimum Gasteiger partial charge on any atom is -0.393 e. The molecular weight excluding hydrogens is 142 g/mol. The molecule has 0 heterocycles. The Balaban J connectivity index is 3.41. The smallest absolute Gasteiger partial charge is 0.0527 e. The summed E-state index contributed by atoms with van der Waals surface area (Å²) >= 11 is 0. The Morgan fingerprint density at radius 3 is 2.45 bits per heavy atom. The summed E-state index contributed by atoms with van der Waals surface area (Å²) in [6.45, 7) is 3.67. The van der Waals surface area contributed by atoms with Crippen LogP contribution in [-0.2, 0) is 0 Å². The highest BCUT2D eigenvalue weighted by Crippen LogP contribution is 1.94. The Bertz CT molecular complexity index is 87.8. The van der Waals surface area contributed by atoms with Crippen LogP contribution >= 0.6 is 0 Å². The van der Waals surface area contributed by atoms with Crippen LogP contribution in [-0.4, -0.2) is 36.9 Å². The normalized spacial score (nSPS) is 16.4. The van der Waals surface area contributed by atoms with Crippen LogP contribution in [0.1, 0.15) is 13.3 Å². The van der Waals surface area contributed by atoms with E-state index < -0.39 is 0 Å². The van der Waals surface area contributed by atoms with Gasteiger partial charge in [-0.25, -0.2) is 0 Å². The molecule has 0 rings (SSSR count). The van der Waals surface area contributed by atoms with Crippen molar-refractivity contribution in [3.8, 4) is 0 Å². The molecule has 0 saturated carbocycles. The molecule has 2 atom stereocenters. The molecule has 68 valence electrons. The van der Waals surface area contributed by atoms with E-state index in [2.05, 4.69) is 5.32 Å². The highest BCUT2D eigenvalue weighted by Gasteiger charge is 2.07. The molecule has 4 heteroatoms. The second kappa shape index (κ2) is 6.54. The van der Waals surface area contributed by atoms with Crippen molar-refractivity contribution in [3.05, 3.63) is 0 Å². The van der Waals surface area contributed by atoms with Gasteiger partial charge in [-0.2, -0.15) is 0 Å². The molecule has 0 fully saturated rings. The van der Waals surface area contributed by atoms with Gasteiger partial charge in [0.15, 0.2) is 0 Å². The maximum absolute atomic E-state index is 9.03. The van der Waals surface area contributed by atoms with Crippen LogP contribution in [0.5, 0.6) is 0 Å². The van der Waals surface area contributed by atoms with Crippen molar-refractivity contribution >= 4 is 0 Å². The summed E-state index contributed by atoms with van der Waals surface area (Å²) < 4.78 is 0. The van der Waals surface area contributed by atoms with Gasteiger partial charge in [-0.3, -0.25) is 0 Å². The largest absolute Gasteiger partial charge is 0.393 e. The fourth-order valence-corrected chi connectivity index (χ4v) is 0.962. The molecule has 0 aliphatic heterocycles. The van der Waals surface area contributed by atoms with Gasteiger partial charge in [0.05, 0.1) is 6.10 Å². The van der Waals surface area contributed by atoms with Gasteiger partial charge in [0.25, 0.3) is 0 Å². The van der Waals surface area contributed by atoms with Crippen molar-refractivity contribution in [2.45, 2.75) is 25.5 Å². The van der Waals surface area contributed by atoms with Crippen molar-refractivity contribution < 1.29 is 5.11 Å². The Labute approximate surface area is 68.0 Å². The molecule has 0 aromatic carbocycles. The Hall–Kier alpha value is -0.160. The molecule has 4 nitrogen and oxygen atoms in total. The van der Waals surface area contributed by atoms with Crippen molar-refractivity contribution in [2.24, 2.45) is 11.5 Å². The highest BCUT2D eigenvalue weighted by molar-refractivity contribution is 4.69. The molecule has 0 aromatic rings. The molecule has 0 amide bonds. The summed E-state index contributed by atoms with van der Waals surface area (Å²) in [5.74, 6) is 0. The van der Waals surface area contributed by atoms with Crippen molar-refractivity contribution in [2.75, 3.05) is 19.6 Å². The number of hydrogen-bond donors (Lipinski definition) is 4. The zero-order valence-corrected chi connectivity index (χ0v) is 7.09. The zero-order chi connectivity index (χ0) is 8.69. The van der Waals surface area contributed by atoms with E-state index in [1.54, 1.807) is 6.92 Å². The quantitative estimate of drug-likeness (QED) is 0.387. The fraction of sp³-hybridized carbons (Fsp3) is 1.00. The molecule has 6 N–H and O–H groups in total. The molecular formula is C7H19N3O. The highest BCUT2D eigenvalue weighted by atomic mass is 16.3. The third kappa shape index (κ3) is 6.25. The van der Waals surface area contributed by atoms with E-state index in [4.69, 9.17) is 16.6 Å². The average Bonchev–Trinajstić information content (AvgIpc) is 1.97. The molecule has 11 heavy (non-hydrogen) atoms. The lowest BCUT2D eigenvalue weighted by atomic mass is 10.1. The summed E-state index contributed by atoms with van der Waals surface area (Å²) in [5.41, 5.74) is 10.7. The maximum atomic E-state index is 9.03. The predicted octanol–water partition coefficient (Wildman–Crippen LogP) is -1.37. The first kappa shape index (κ1) is 10.8. The molecule has 0 spiro atoms. The third-order valence-electron chi connectivity index (χ3n) is 1.49. The first-order valence-corrected chi connectivity index (χ1v) is 4.02. The fourth-order valence-electron chi connectivity index (χ4n) is 0.962. The van der Waals surface area contributed by atoms with Gasteiger partial charge >= 0.3 is 0 Å². The molecule has 0 radical (unpaired) electrons. The topological polar surface area (TPSA) is 84.3 Å². The van der Waals surface area contributed by atoms with Crippen molar-refractivity contribution in [3.63, 3.8) is 0 Å². The van der Waals surface area contributed by atoms with E-state index >= 15 is 0 Å². The van der Waals surface area contributed by atoms with Crippen molar-refractivity contribution in [1.82, 2.24) is 5.32 Å². The second-order valence-electron chi connectivity index (χ2n) is 2.76. The number of hydrogen-bond acceptors (Lipinski definition) is 4. The standard InChI is InChI=1S/C7H19N3O/c1-6(11)4-7(5-9)10-3-2-8/h6-7,10-11H,2-5,8-9H2,1H3. The van der Waals surface area contributed by atoms with E-state index in [1.807, 2.05) is 0 Å². The van der Waals surface area contributed by atoms with E-state index in [-0.39, 0.29) is 12.1 Å². The van der Waals surface area contributed by atoms with Gasteiger partial charge in [0, 0.05) is 25.7 Å². The Kier molecular flexibility index (Phi) is 6.45. The van der Waals surface area contributed by atoms with Crippen LogP contribution < -0.4 is 16.8 Å². The molecule has 0 aromatic heterocycles. The van der Waals surface area contributed by atoms with E-state index in [0.717, 1.165) is 6.54 Å². The SMILES string of the molecule is CC(O)CC(CN)NCCN. The van der Waals surface area contributed by atoms with Gasteiger partial charge in [-0.05, 0) is 13.3 Å². The summed E-state index contributed by atoms with van der Waals surface area (Å²) in [6.07, 6.45) is 0.394. The summed E-state index contributed by atoms with van der Waals surface area (Å²) in [6, 6.07) is 0.193. The minimum absolute atomic E-state index is 0.193. The second-order valence-corrected chi connectivity index (χ2v) is 2.76. The minimum atomic E-state index is -0.297. The lowest BCUT2D eigenvalue weighted by molar-refractivity contribution is 0.169. The van der Waals surface area contributed by atoms with Gasteiger partial charge < -0.3 is 21.9 Å². The third-order valence-corrected chi connectivity index (χ3v) is 1.49. The van der Waals surface area contributed by atoms with E-state index in [0.29, 0.717) is 19.5 Å². The molecule has 2 unspecified atom stereocenters. The Morgan fingerprint density at radius 1 is 1.45 bits per heavy atom. The first-order valence-electron chi connectivity index (χ1n) is 4.02. The van der Waals surface area contributed by atoms with Crippen LogP contribution in [0.2, 0.25) is 0 Å². The zero-order valence-electron chi connectivity index (χ0n) is 7.09. The lowest BCUT2D eigenvalue weighted by Crippen LogP contribution is -2.40. The van der Waals surface area contributed by atoms with Crippen LogP contribution in [0.4, 0.5) is 0 Å². The van der Waals surface area contributed by atoms with Crippen LogP contribution in [0.3, 0.4) is 0 Å². The Morgan fingerprint density at radius 2 is 2.09 bits per heavy atom. The van der Waals surface area contributed by atoms with Gasteiger partial charge in [0.2, 0.25) is 0 Å². The van der Waals surface area contributed by atoms with Crippen molar-refractivity contribution in [1.29, 1.82) is 0 Å². The number of nitrogens with two attached hydrogens (primary N) is 2. The molecule has 0 saturated heterocycles. The summed E-state index contributed by atoms with van der Waals surface area (Å²) in [4.78, 5) is 0. The number of nitrogens with one attached hydrogen (secondary N) is 1. The number of rotatable bonds is 6. The summed E-state index contributed by atoms with van der Waals surface area (Å²) in [5, 5.41) is 12.2. The van der Waals surface area contributed by atoms with E-state index in [9.17, 15) is 0 Å². The van der Waals surface area contributed by atoms with Gasteiger partial charge in [-0.15, -0.1) is 0 Å². The number of aliphatic hydroxyl groups excluding tert-OH is 1. The number of aliphatic hydroxyl groups is 1. The van der Waals surface area contributed by atoms with Gasteiger partial charge in [-0.1, -0.05) is 0 Å². The average molecular weight is 161 g/mol. The van der Waals surface area contributed by atoms with Crippen LogP contribution in [0.25, 0.3) is 0 Å². The molecule has 0 aliphatic rings. The van der Waals surface area contributed by atoms with Crippen LogP contribution in [0, 0.1) is 0 Å². The van der Waals surface area contributed by atoms with Gasteiger partial charge in [0.1, 0.15) is 0 Å².